The highest BCUT2D eigenvalue weighted by atomic mass is 32.2. The lowest BCUT2D eigenvalue weighted by Gasteiger charge is -2.32. The lowest BCUT2D eigenvalue weighted by Crippen LogP contribution is -2.60. The molecule has 0 bridgehead atoms. The molecule has 0 radical (unpaired) electrons. The average Bonchev–Trinajstić information content (AvgIpc) is 2.81. The number of hydrogen-bond donors (Lipinski definition) is 1. The number of nitrogens with one attached hydrogen (secondary N) is 1. The third-order valence-corrected chi connectivity index (χ3v) is 5.59. The fourth-order valence-electron chi connectivity index (χ4n) is 3.67. The molecule has 1 unspecified atom stereocenters. The molecule has 2 aromatic carbocycles. The Morgan fingerprint density at radius 3 is 2.71 bits per heavy atom. The minimum absolute atomic E-state index is 0.0731. The van der Waals surface area contributed by atoms with E-state index < -0.39 is 6.17 Å². The van der Waals surface area contributed by atoms with Gasteiger partial charge in [-0.15, -0.1) is 6.42 Å². The Balaban J connectivity index is 1.96. The summed E-state index contributed by atoms with van der Waals surface area (Å²) in [5, 5.41) is 5.13. The maximum atomic E-state index is 13.1. The van der Waals surface area contributed by atoms with Gasteiger partial charge >= 0.3 is 11.3 Å². The number of aromatic amines is 1. The molecule has 0 spiro atoms. The van der Waals surface area contributed by atoms with Gasteiger partial charge in [0.15, 0.2) is 0 Å². The predicted octanol–water partition coefficient (Wildman–Crippen LogP) is 2.76. The first kappa shape index (κ1) is 20.7. The van der Waals surface area contributed by atoms with Crippen molar-refractivity contribution in [1.29, 1.82) is 0 Å². The Morgan fingerprint density at radius 2 is 2.03 bits per heavy atom. The second kappa shape index (κ2) is 8.66. The maximum absolute atomic E-state index is 13.1. The van der Waals surface area contributed by atoms with E-state index in [1.807, 2.05) is 49.6 Å². The summed E-state index contributed by atoms with van der Waals surface area (Å²) >= 11 is 1.33. The molecule has 8 heteroatoms. The van der Waals surface area contributed by atoms with Crippen molar-refractivity contribution in [2.24, 2.45) is 0 Å². The van der Waals surface area contributed by atoms with Crippen molar-refractivity contribution in [3.63, 3.8) is 0 Å². The predicted molar refractivity (Wildman–Crippen MR) is 119 cm³/mol. The van der Waals surface area contributed by atoms with Gasteiger partial charge in [-0.2, -0.15) is 0 Å². The summed E-state index contributed by atoms with van der Waals surface area (Å²) in [5.41, 5.74) is 2.29. The van der Waals surface area contributed by atoms with E-state index in [2.05, 4.69) is 16.0 Å². The summed E-state index contributed by atoms with van der Waals surface area (Å²) in [4.78, 5) is 30.7. The highest BCUT2D eigenvalue weighted by Gasteiger charge is 2.45. The minimum Gasteiger partial charge on any atom is -0.481 e. The summed E-state index contributed by atoms with van der Waals surface area (Å²) < 4.78 is 7.11. The topological polar surface area (TPSA) is 79.2 Å². The van der Waals surface area contributed by atoms with Crippen LogP contribution >= 0.6 is 11.8 Å². The fourth-order valence-corrected chi connectivity index (χ4v) is 4.03. The van der Waals surface area contributed by atoms with Crippen LogP contribution in [0.3, 0.4) is 0 Å². The molecule has 1 aliphatic heterocycles. The smallest absolute Gasteiger partial charge is 0.325 e. The molecule has 31 heavy (non-hydrogen) atoms. The number of hydrogen-bond acceptors (Lipinski definition) is 5. The molecule has 1 amide bonds. The number of rotatable bonds is 5. The summed E-state index contributed by atoms with van der Waals surface area (Å²) in [7, 11) is 0. The molecule has 1 N–H and O–H groups in total. The Morgan fingerprint density at radius 1 is 1.29 bits per heavy atom. The zero-order valence-corrected chi connectivity index (χ0v) is 18.0. The number of benzene rings is 2. The van der Waals surface area contributed by atoms with Crippen LogP contribution in [-0.2, 0) is 4.79 Å². The molecule has 1 atom stereocenters. The van der Waals surface area contributed by atoms with Crippen LogP contribution in [0.1, 0.15) is 25.1 Å². The van der Waals surface area contributed by atoms with Crippen LogP contribution < -0.4 is 19.9 Å². The van der Waals surface area contributed by atoms with Crippen molar-refractivity contribution in [2.75, 3.05) is 17.8 Å². The molecule has 2 heterocycles. The number of carbonyl (C=O) groups excluding carboxylic acids is 1. The molecular formula is C23H21N4O3S+. The Kier molecular flexibility index (Phi) is 5.78. The third kappa shape index (κ3) is 3.68. The summed E-state index contributed by atoms with van der Waals surface area (Å²) in [5.74, 6) is 2.99. The summed E-state index contributed by atoms with van der Waals surface area (Å²) in [6, 6.07) is 14.7. The minimum atomic E-state index is -0.618. The van der Waals surface area contributed by atoms with Gasteiger partial charge in [-0.25, -0.2) is 4.90 Å². The monoisotopic (exact) mass is 433 g/mol. The number of aromatic nitrogens is 3. The van der Waals surface area contributed by atoms with Gasteiger partial charge in [-0.1, -0.05) is 36.7 Å². The lowest BCUT2D eigenvalue weighted by atomic mass is 10.0. The molecule has 7 nitrogen and oxygen atoms in total. The molecule has 0 saturated heterocycles. The van der Waals surface area contributed by atoms with E-state index in [1.54, 1.807) is 21.7 Å². The number of carbonyl (C=O) groups is 1. The third-order valence-electron chi connectivity index (χ3n) is 5.02. The summed E-state index contributed by atoms with van der Waals surface area (Å²) in [6.07, 6.45) is 6.79. The van der Waals surface area contributed by atoms with E-state index in [1.165, 1.54) is 11.8 Å². The largest absolute Gasteiger partial charge is 0.481 e. The van der Waals surface area contributed by atoms with Gasteiger partial charge in [0.25, 0.3) is 6.17 Å². The van der Waals surface area contributed by atoms with Gasteiger partial charge in [0.2, 0.25) is 11.1 Å². The normalized spacial score (nSPS) is 14.4. The second-order valence-corrected chi connectivity index (χ2v) is 7.62. The van der Waals surface area contributed by atoms with E-state index in [4.69, 9.17) is 11.2 Å². The maximum Gasteiger partial charge on any atom is 0.325 e. The number of thioether (sulfide) groups is 1. The van der Waals surface area contributed by atoms with Crippen molar-refractivity contribution >= 4 is 23.4 Å². The van der Waals surface area contributed by atoms with Crippen molar-refractivity contribution < 1.29 is 14.2 Å². The van der Waals surface area contributed by atoms with Crippen molar-refractivity contribution in [3.8, 4) is 29.4 Å². The SMILES string of the molecule is C#CCOc1ccc(C2N(C(=O)CC)c3ccccc3-c3c(=O)[nH]c(SC)n[n+]32)cc1. The standard InChI is InChI=1S/C23H20N4O3S/c1-4-14-30-16-12-10-15(11-13-16)22-26(19(28)5-2)18-9-7-6-8-17(18)20-21(29)24-23(31-3)25-27(20)22/h1,6-13,22H,5,14H2,2-3H3/p+1. The number of anilines is 1. The molecule has 1 aliphatic rings. The van der Waals surface area contributed by atoms with Crippen LogP contribution in [-0.4, -0.2) is 28.9 Å². The highest BCUT2D eigenvalue weighted by molar-refractivity contribution is 7.98. The van der Waals surface area contributed by atoms with Gasteiger partial charge in [-0.3, -0.25) is 14.6 Å². The number of amides is 1. The van der Waals surface area contributed by atoms with Crippen molar-refractivity contribution in [1.82, 2.24) is 10.1 Å². The molecule has 0 fully saturated rings. The number of terminal acetylenes is 1. The van der Waals surface area contributed by atoms with Crippen LogP contribution in [0.2, 0.25) is 0 Å². The first-order valence-electron chi connectivity index (χ1n) is 9.76. The van der Waals surface area contributed by atoms with Crippen LogP contribution in [0.15, 0.2) is 58.5 Å². The number of fused-ring (bicyclic) bond motifs is 3. The van der Waals surface area contributed by atoms with Crippen LogP contribution in [0.25, 0.3) is 11.3 Å². The Labute approximate surface area is 184 Å². The molecular weight excluding hydrogens is 412 g/mol. The molecule has 3 aromatic rings. The van der Waals surface area contributed by atoms with E-state index >= 15 is 0 Å². The van der Waals surface area contributed by atoms with Crippen molar-refractivity contribution in [3.05, 3.63) is 64.4 Å². The van der Waals surface area contributed by atoms with Gasteiger partial charge < -0.3 is 4.74 Å². The number of para-hydroxylation sites is 1. The van der Waals surface area contributed by atoms with Crippen LogP contribution in [0.4, 0.5) is 5.69 Å². The number of nitrogens with zero attached hydrogens (tertiary/aromatic N) is 3. The molecule has 4 rings (SSSR count). The Bertz CT molecular complexity index is 1230. The van der Waals surface area contributed by atoms with E-state index in [-0.39, 0.29) is 18.1 Å². The zero-order chi connectivity index (χ0) is 22.0. The number of H-pyrrole nitrogens is 1. The Hall–Kier alpha value is -3.57. The van der Waals surface area contributed by atoms with Crippen LogP contribution in [0, 0.1) is 12.3 Å². The molecule has 0 saturated carbocycles. The molecule has 156 valence electrons. The fraction of sp³-hybridized carbons (Fsp3) is 0.217. The van der Waals surface area contributed by atoms with Crippen molar-refractivity contribution in [2.45, 2.75) is 24.7 Å². The quantitative estimate of drug-likeness (QED) is 0.380. The summed E-state index contributed by atoms with van der Waals surface area (Å²) in [6.45, 7) is 1.99. The number of ether oxygens (including phenoxy) is 1. The van der Waals surface area contributed by atoms with E-state index in [9.17, 15) is 9.59 Å². The van der Waals surface area contributed by atoms with Gasteiger partial charge in [0, 0.05) is 17.1 Å². The lowest BCUT2D eigenvalue weighted by molar-refractivity contribution is -0.763. The van der Waals surface area contributed by atoms with E-state index in [0.717, 1.165) is 5.56 Å². The molecule has 1 aromatic heterocycles. The van der Waals surface area contributed by atoms with Gasteiger partial charge in [0.05, 0.1) is 11.3 Å². The first-order chi connectivity index (χ1) is 15.1. The second-order valence-electron chi connectivity index (χ2n) is 6.83. The average molecular weight is 434 g/mol. The van der Waals surface area contributed by atoms with E-state index in [0.29, 0.717) is 34.3 Å². The highest BCUT2D eigenvalue weighted by Crippen LogP contribution is 2.37. The van der Waals surface area contributed by atoms with Crippen LogP contribution in [0.5, 0.6) is 5.75 Å². The van der Waals surface area contributed by atoms with Gasteiger partial charge in [0.1, 0.15) is 12.4 Å². The van der Waals surface area contributed by atoms with Gasteiger partial charge in [-0.05, 0) is 47.3 Å². The first-order valence-corrected chi connectivity index (χ1v) is 11.0. The zero-order valence-electron chi connectivity index (χ0n) is 17.2. The molecule has 0 aliphatic carbocycles.